The molecule has 1 aromatic carbocycles. The van der Waals surface area contributed by atoms with E-state index in [1.807, 2.05) is 36.7 Å². The fourth-order valence-electron chi connectivity index (χ4n) is 1.73. The molecule has 1 aromatic heterocycles. The number of amides is 1. The van der Waals surface area contributed by atoms with Crippen LogP contribution in [0.25, 0.3) is 11.3 Å². The van der Waals surface area contributed by atoms with E-state index in [4.69, 9.17) is 11.6 Å². The highest BCUT2D eigenvalue weighted by Gasteiger charge is 2.09. The first-order valence-corrected chi connectivity index (χ1v) is 7.61. The van der Waals surface area contributed by atoms with Crippen LogP contribution < -0.4 is 10.6 Å². The van der Waals surface area contributed by atoms with Crippen molar-refractivity contribution >= 4 is 34.0 Å². The van der Waals surface area contributed by atoms with Gasteiger partial charge in [-0.1, -0.05) is 29.8 Å². The SMILES string of the molecule is CNCCCC(=O)Nc1nc(-c2ccccc2Cl)cs1. The molecule has 2 aromatic rings. The molecule has 0 aliphatic carbocycles. The molecule has 1 amide bonds. The normalized spacial score (nSPS) is 10.5. The number of hydrogen-bond acceptors (Lipinski definition) is 4. The molecule has 0 radical (unpaired) electrons. The summed E-state index contributed by atoms with van der Waals surface area (Å²) in [6.45, 7) is 0.830. The van der Waals surface area contributed by atoms with Crippen molar-refractivity contribution in [2.24, 2.45) is 0 Å². The van der Waals surface area contributed by atoms with Crippen molar-refractivity contribution in [2.45, 2.75) is 12.8 Å². The third-order valence-electron chi connectivity index (χ3n) is 2.73. The van der Waals surface area contributed by atoms with Crippen molar-refractivity contribution in [3.63, 3.8) is 0 Å². The number of aromatic nitrogens is 1. The Balaban J connectivity index is 1.99. The molecule has 4 nitrogen and oxygen atoms in total. The maximum Gasteiger partial charge on any atom is 0.226 e. The zero-order valence-electron chi connectivity index (χ0n) is 11.1. The molecule has 0 saturated heterocycles. The largest absolute Gasteiger partial charge is 0.320 e. The molecular weight excluding hydrogens is 294 g/mol. The number of benzene rings is 1. The Hall–Kier alpha value is -1.43. The molecule has 0 bridgehead atoms. The Kier molecular flexibility index (Phi) is 5.52. The number of nitrogens with one attached hydrogen (secondary N) is 2. The van der Waals surface area contributed by atoms with Gasteiger partial charge < -0.3 is 10.6 Å². The number of thiazole rings is 1. The molecule has 2 N–H and O–H groups in total. The number of halogens is 1. The van der Waals surface area contributed by atoms with E-state index in [1.165, 1.54) is 11.3 Å². The minimum Gasteiger partial charge on any atom is -0.320 e. The van der Waals surface area contributed by atoms with Crippen molar-refractivity contribution in [2.75, 3.05) is 18.9 Å². The van der Waals surface area contributed by atoms with E-state index >= 15 is 0 Å². The van der Waals surface area contributed by atoms with Crippen LogP contribution in [0.4, 0.5) is 5.13 Å². The molecule has 106 valence electrons. The standard InChI is InChI=1S/C14H16ClN3OS/c1-16-8-4-7-13(19)18-14-17-12(9-20-14)10-5-2-3-6-11(10)15/h2-3,5-6,9,16H,4,7-8H2,1H3,(H,17,18,19). The second-order valence-electron chi connectivity index (χ2n) is 4.27. The monoisotopic (exact) mass is 309 g/mol. The Morgan fingerprint density at radius 3 is 2.95 bits per heavy atom. The van der Waals surface area contributed by atoms with Gasteiger partial charge in [0.15, 0.2) is 5.13 Å². The second-order valence-corrected chi connectivity index (χ2v) is 5.54. The zero-order chi connectivity index (χ0) is 14.4. The Morgan fingerprint density at radius 1 is 1.40 bits per heavy atom. The number of carbonyl (C=O) groups excluding carboxylic acids is 1. The molecule has 0 fully saturated rings. The van der Waals surface area contributed by atoms with Gasteiger partial charge in [-0.05, 0) is 26.1 Å². The van der Waals surface area contributed by atoms with Gasteiger partial charge in [0.05, 0.1) is 5.69 Å². The highest BCUT2D eigenvalue weighted by molar-refractivity contribution is 7.14. The Bertz CT molecular complexity index is 585. The van der Waals surface area contributed by atoms with Crippen LogP contribution in [0.2, 0.25) is 5.02 Å². The lowest BCUT2D eigenvalue weighted by Crippen LogP contribution is -2.15. The molecule has 0 aliphatic heterocycles. The number of hydrogen-bond donors (Lipinski definition) is 2. The van der Waals surface area contributed by atoms with Crippen LogP contribution in [-0.4, -0.2) is 24.5 Å². The summed E-state index contributed by atoms with van der Waals surface area (Å²) in [5, 5.41) is 8.98. The van der Waals surface area contributed by atoms with Crippen molar-refractivity contribution in [1.29, 1.82) is 0 Å². The average molecular weight is 310 g/mol. The quantitative estimate of drug-likeness (QED) is 0.804. The first-order chi connectivity index (χ1) is 9.70. The van der Waals surface area contributed by atoms with E-state index in [0.717, 1.165) is 24.2 Å². The zero-order valence-corrected chi connectivity index (χ0v) is 12.7. The lowest BCUT2D eigenvalue weighted by molar-refractivity contribution is -0.116. The third-order valence-corrected chi connectivity index (χ3v) is 3.82. The van der Waals surface area contributed by atoms with Crippen LogP contribution in [0, 0.1) is 0 Å². The van der Waals surface area contributed by atoms with Crippen molar-refractivity contribution in [1.82, 2.24) is 10.3 Å². The van der Waals surface area contributed by atoms with Crippen LogP contribution in [0.3, 0.4) is 0 Å². The van der Waals surface area contributed by atoms with E-state index in [1.54, 1.807) is 0 Å². The maximum atomic E-state index is 11.7. The van der Waals surface area contributed by atoms with Crippen LogP contribution in [0.15, 0.2) is 29.6 Å². The topological polar surface area (TPSA) is 54.0 Å². The summed E-state index contributed by atoms with van der Waals surface area (Å²) < 4.78 is 0. The summed E-state index contributed by atoms with van der Waals surface area (Å²) in [5.41, 5.74) is 1.66. The minimum absolute atomic E-state index is 0.0136. The van der Waals surface area contributed by atoms with E-state index in [2.05, 4.69) is 15.6 Å². The summed E-state index contributed by atoms with van der Waals surface area (Å²) in [5.74, 6) is -0.0136. The fraction of sp³-hybridized carbons (Fsp3) is 0.286. The van der Waals surface area contributed by atoms with Crippen LogP contribution in [0.5, 0.6) is 0 Å². The van der Waals surface area contributed by atoms with E-state index in [9.17, 15) is 4.79 Å². The molecule has 2 rings (SSSR count). The van der Waals surface area contributed by atoms with Gasteiger partial charge in [0.1, 0.15) is 0 Å². The van der Waals surface area contributed by atoms with E-state index in [0.29, 0.717) is 16.6 Å². The van der Waals surface area contributed by atoms with Gasteiger partial charge in [-0.15, -0.1) is 11.3 Å². The van der Waals surface area contributed by atoms with Gasteiger partial charge in [-0.2, -0.15) is 0 Å². The first-order valence-electron chi connectivity index (χ1n) is 6.35. The lowest BCUT2D eigenvalue weighted by atomic mass is 10.2. The van der Waals surface area contributed by atoms with Crippen molar-refractivity contribution < 1.29 is 4.79 Å². The van der Waals surface area contributed by atoms with E-state index in [-0.39, 0.29) is 5.91 Å². The molecule has 0 aliphatic rings. The third kappa shape index (κ3) is 4.03. The minimum atomic E-state index is -0.0136. The molecule has 20 heavy (non-hydrogen) atoms. The molecule has 0 saturated carbocycles. The summed E-state index contributed by atoms with van der Waals surface area (Å²) in [4.78, 5) is 16.1. The van der Waals surface area contributed by atoms with Crippen molar-refractivity contribution in [3.05, 3.63) is 34.7 Å². The Labute approximate surface area is 127 Å². The Morgan fingerprint density at radius 2 is 2.20 bits per heavy atom. The fourth-order valence-corrected chi connectivity index (χ4v) is 2.69. The summed E-state index contributed by atoms with van der Waals surface area (Å²) in [7, 11) is 1.87. The van der Waals surface area contributed by atoms with E-state index < -0.39 is 0 Å². The van der Waals surface area contributed by atoms with Gasteiger partial charge in [0.25, 0.3) is 0 Å². The van der Waals surface area contributed by atoms with Crippen LogP contribution in [0.1, 0.15) is 12.8 Å². The molecule has 1 heterocycles. The number of rotatable bonds is 6. The summed E-state index contributed by atoms with van der Waals surface area (Å²) in [6, 6.07) is 7.53. The van der Waals surface area contributed by atoms with Gasteiger partial charge in [-0.3, -0.25) is 4.79 Å². The van der Waals surface area contributed by atoms with Crippen LogP contribution >= 0.6 is 22.9 Å². The lowest BCUT2D eigenvalue weighted by Gasteiger charge is -2.01. The van der Waals surface area contributed by atoms with Gasteiger partial charge >= 0.3 is 0 Å². The number of carbonyl (C=O) groups is 1. The first kappa shape index (κ1) is 15.0. The number of anilines is 1. The van der Waals surface area contributed by atoms with Gasteiger partial charge in [0.2, 0.25) is 5.91 Å². The van der Waals surface area contributed by atoms with Gasteiger partial charge in [0, 0.05) is 22.4 Å². The predicted molar refractivity (Wildman–Crippen MR) is 84.4 cm³/mol. The highest BCUT2D eigenvalue weighted by Crippen LogP contribution is 2.30. The summed E-state index contributed by atoms with van der Waals surface area (Å²) >= 11 is 7.53. The highest BCUT2D eigenvalue weighted by atomic mass is 35.5. The molecule has 6 heteroatoms. The summed E-state index contributed by atoms with van der Waals surface area (Å²) in [6.07, 6.45) is 1.30. The van der Waals surface area contributed by atoms with Crippen LogP contribution in [-0.2, 0) is 4.79 Å². The second kappa shape index (κ2) is 7.38. The smallest absolute Gasteiger partial charge is 0.226 e. The number of nitrogens with zero attached hydrogens (tertiary/aromatic N) is 1. The molecule has 0 spiro atoms. The average Bonchev–Trinajstić information content (AvgIpc) is 2.88. The van der Waals surface area contributed by atoms with Gasteiger partial charge in [-0.25, -0.2) is 4.98 Å². The molecular formula is C14H16ClN3OS. The molecule has 0 unspecified atom stereocenters. The predicted octanol–water partition coefficient (Wildman–Crippen LogP) is 3.40. The molecule has 0 atom stereocenters. The maximum absolute atomic E-state index is 11.7. The van der Waals surface area contributed by atoms with Crippen molar-refractivity contribution in [3.8, 4) is 11.3 Å².